The molecule has 0 amide bonds. The third kappa shape index (κ3) is 4.13. The molecule has 1 aromatic carbocycles. The summed E-state index contributed by atoms with van der Waals surface area (Å²) >= 11 is 0. The van der Waals surface area contributed by atoms with Crippen molar-refractivity contribution in [2.45, 2.75) is 19.9 Å². The van der Waals surface area contributed by atoms with E-state index in [2.05, 4.69) is 10.1 Å². The number of nitrogens with one attached hydrogen (secondary N) is 1. The van der Waals surface area contributed by atoms with Gasteiger partial charge in [0.1, 0.15) is 11.5 Å². The van der Waals surface area contributed by atoms with Crippen LogP contribution in [0.15, 0.2) is 12.1 Å². The largest absolute Gasteiger partial charge is 0.496 e. The summed E-state index contributed by atoms with van der Waals surface area (Å²) in [6.45, 7) is 3.15. The summed E-state index contributed by atoms with van der Waals surface area (Å²) < 4.78 is 15.2. The quantitative estimate of drug-likeness (QED) is 0.601. The first kappa shape index (κ1) is 15.3. The number of esters is 1. The van der Waals surface area contributed by atoms with Crippen LogP contribution in [0.25, 0.3) is 0 Å². The fourth-order valence-corrected chi connectivity index (χ4v) is 1.89. The van der Waals surface area contributed by atoms with E-state index >= 15 is 0 Å². The molecule has 0 radical (unpaired) electrons. The number of methoxy groups -OCH3 is 3. The van der Waals surface area contributed by atoms with E-state index in [4.69, 9.17) is 9.47 Å². The summed E-state index contributed by atoms with van der Waals surface area (Å²) in [4.78, 5) is 11.0. The molecule has 0 aliphatic carbocycles. The number of benzene rings is 1. The second-order valence-electron chi connectivity index (χ2n) is 4.09. The highest BCUT2D eigenvalue weighted by molar-refractivity contribution is 5.69. The van der Waals surface area contributed by atoms with Crippen molar-refractivity contribution in [3.8, 4) is 11.5 Å². The van der Waals surface area contributed by atoms with Crippen LogP contribution >= 0.6 is 0 Å². The number of hydrogen-bond donors (Lipinski definition) is 1. The molecule has 0 saturated carbocycles. The molecular weight excluding hydrogens is 246 g/mol. The van der Waals surface area contributed by atoms with E-state index < -0.39 is 0 Å². The molecule has 0 bridgehead atoms. The van der Waals surface area contributed by atoms with Crippen molar-refractivity contribution >= 4 is 5.97 Å². The van der Waals surface area contributed by atoms with Crippen LogP contribution in [0, 0.1) is 6.92 Å². The lowest BCUT2D eigenvalue weighted by Crippen LogP contribution is -2.19. The monoisotopic (exact) mass is 267 g/mol. The third-order valence-corrected chi connectivity index (χ3v) is 2.91. The summed E-state index contributed by atoms with van der Waals surface area (Å²) in [6.07, 6.45) is 0.355. The minimum absolute atomic E-state index is 0.217. The van der Waals surface area contributed by atoms with Gasteiger partial charge >= 0.3 is 5.97 Å². The lowest BCUT2D eigenvalue weighted by atomic mass is 10.1. The zero-order valence-electron chi connectivity index (χ0n) is 11.9. The summed E-state index contributed by atoms with van der Waals surface area (Å²) in [5.41, 5.74) is 2.00. The first-order chi connectivity index (χ1) is 9.13. The van der Waals surface area contributed by atoms with Gasteiger partial charge in [-0.3, -0.25) is 4.79 Å². The van der Waals surface area contributed by atoms with Crippen molar-refractivity contribution < 1.29 is 19.0 Å². The molecular formula is C14H21NO4. The van der Waals surface area contributed by atoms with Crippen LogP contribution in [-0.4, -0.2) is 33.8 Å². The Morgan fingerprint density at radius 3 is 2.53 bits per heavy atom. The average molecular weight is 267 g/mol. The second-order valence-corrected chi connectivity index (χ2v) is 4.09. The van der Waals surface area contributed by atoms with Gasteiger partial charge in [-0.15, -0.1) is 0 Å². The van der Waals surface area contributed by atoms with Gasteiger partial charge in [-0.05, 0) is 13.0 Å². The number of carbonyl (C=O) groups excluding carboxylic acids is 1. The van der Waals surface area contributed by atoms with E-state index in [0.717, 1.165) is 22.6 Å². The number of carbonyl (C=O) groups is 1. The van der Waals surface area contributed by atoms with E-state index in [0.29, 0.717) is 19.5 Å². The standard InChI is InChI=1S/C14H21NO4/c1-10-12(17-2)6-5-11(14(10)19-4)9-15-8-7-13(16)18-3/h5-6,15H,7-9H2,1-4H3. The Labute approximate surface area is 113 Å². The van der Waals surface area contributed by atoms with Crippen LogP contribution in [0.2, 0.25) is 0 Å². The van der Waals surface area contributed by atoms with Crippen LogP contribution in [0.5, 0.6) is 11.5 Å². The predicted molar refractivity (Wildman–Crippen MR) is 72.6 cm³/mol. The fraction of sp³-hybridized carbons (Fsp3) is 0.500. The molecule has 5 nitrogen and oxygen atoms in total. The van der Waals surface area contributed by atoms with E-state index in [1.165, 1.54) is 7.11 Å². The van der Waals surface area contributed by atoms with Crippen molar-refractivity contribution in [1.82, 2.24) is 5.32 Å². The first-order valence-corrected chi connectivity index (χ1v) is 6.12. The van der Waals surface area contributed by atoms with Crippen molar-refractivity contribution in [1.29, 1.82) is 0 Å². The molecule has 5 heteroatoms. The fourth-order valence-electron chi connectivity index (χ4n) is 1.89. The van der Waals surface area contributed by atoms with Gasteiger partial charge in [-0.1, -0.05) is 6.07 Å². The molecule has 19 heavy (non-hydrogen) atoms. The van der Waals surface area contributed by atoms with Crippen LogP contribution in [0.4, 0.5) is 0 Å². The first-order valence-electron chi connectivity index (χ1n) is 6.12. The number of hydrogen-bond acceptors (Lipinski definition) is 5. The zero-order chi connectivity index (χ0) is 14.3. The Morgan fingerprint density at radius 1 is 1.21 bits per heavy atom. The molecule has 1 rings (SSSR count). The third-order valence-electron chi connectivity index (χ3n) is 2.91. The Balaban J connectivity index is 2.63. The van der Waals surface area contributed by atoms with Gasteiger partial charge in [-0.25, -0.2) is 0 Å². The molecule has 1 aromatic rings. The van der Waals surface area contributed by atoms with E-state index in [9.17, 15) is 4.79 Å². The molecule has 0 saturated heterocycles. The molecule has 106 valence electrons. The Hall–Kier alpha value is -1.75. The van der Waals surface area contributed by atoms with Gasteiger partial charge in [-0.2, -0.15) is 0 Å². The van der Waals surface area contributed by atoms with Crippen LogP contribution in [0.3, 0.4) is 0 Å². The van der Waals surface area contributed by atoms with Gasteiger partial charge in [0.15, 0.2) is 0 Å². The van der Waals surface area contributed by atoms with Gasteiger partial charge in [0.2, 0.25) is 0 Å². The van der Waals surface area contributed by atoms with Crippen LogP contribution in [-0.2, 0) is 16.1 Å². The highest BCUT2D eigenvalue weighted by Crippen LogP contribution is 2.31. The lowest BCUT2D eigenvalue weighted by Gasteiger charge is -2.14. The minimum Gasteiger partial charge on any atom is -0.496 e. The van der Waals surface area contributed by atoms with Crippen molar-refractivity contribution in [2.24, 2.45) is 0 Å². The Bertz CT molecular complexity index is 432. The predicted octanol–water partition coefficient (Wildman–Crippen LogP) is 1.66. The maximum Gasteiger partial charge on any atom is 0.306 e. The topological polar surface area (TPSA) is 56.8 Å². The Kier molecular flexibility index (Phi) is 6.15. The van der Waals surface area contributed by atoms with Gasteiger partial charge in [0.25, 0.3) is 0 Å². The van der Waals surface area contributed by atoms with Crippen molar-refractivity contribution in [2.75, 3.05) is 27.9 Å². The summed E-state index contributed by atoms with van der Waals surface area (Å²) in [6, 6.07) is 3.87. The zero-order valence-corrected chi connectivity index (χ0v) is 11.9. The molecule has 0 atom stereocenters. The summed E-state index contributed by atoms with van der Waals surface area (Å²) in [5.74, 6) is 1.39. The summed E-state index contributed by atoms with van der Waals surface area (Å²) in [7, 11) is 4.66. The Morgan fingerprint density at radius 2 is 1.95 bits per heavy atom. The van der Waals surface area contributed by atoms with E-state index in [1.54, 1.807) is 14.2 Å². The molecule has 0 aliphatic rings. The lowest BCUT2D eigenvalue weighted by molar-refractivity contribution is -0.140. The highest BCUT2D eigenvalue weighted by Gasteiger charge is 2.10. The maximum atomic E-state index is 11.0. The molecule has 0 unspecified atom stereocenters. The van der Waals surface area contributed by atoms with Crippen molar-refractivity contribution in [3.05, 3.63) is 23.3 Å². The SMILES string of the molecule is COC(=O)CCNCc1ccc(OC)c(C)c1OC. The molecule has 0 spiro atoms. The highest BCUT2D eigenvalue weighted by atomic mass is 16.5. The normalized spacial score (nSPS) is 10.1. The average Bonchev–Trinajstić information content (AvgIpc) is 2.43. The smallest absolute Gasteiger partial charge is 0.306 e. The number of ether oxygens (including phenoxy) is 3. The molecule has 0 fully saturated rings. The maximum absolute atomic E-state index is 11.0. The van der Waals surface area contributed by atoms with Crippen molar-refractivity contribution in [3.63, 3.8) is 0 Å². The minimum atomic E-state index is -0.217. The molecule has 0 aromatic heterocycles. The van der Waals surface area contributed by atoms with Crippen LogP contribution in [0.1, 0.15) is 17.5 Å². The molecule has 1 N–H and O–H groups in total. The summed E-state index contributed by atoms with van der Waals surface area (Å²) in [5, 5.41) is 3.18. The molecule has 0 heterocycles. The van der Waals surface area contributed by atoms with Gasteiger partial charge in [0.05, 0.1) is 27.8 Å². The molecule has 0 aliphatic heterocycles. The number of rotatable bonds is 7. The van der Waals surface area contributed by atoms with E-state index in [1.807, 2.05) is 19.1 Å². The van der Waals surface area contributed by atoms with Gasteiger partial charge < -0.3 is 19.5 Å². The van der Waals surface area contributed by atoms with E-state index in [-0.39, 0.29) is 5.97 Å². The van der Waals surface area contributed by atoms with Gasteiger partial charge in [0, 0.05) is 24.2 Å². The second kappa shape index (κ2) is 7.63. The van der Waals surface area contributed by atoms with Crippen LogP contribution < -0.4 is 14.8 Å².